The van der Waals surface area contributed by atoms with Gasteiger partial charge >= 0.3 is 5.97 Å². The van der Waals surface area contributed by atoms with Gasteiger partial charge in [-0.2, -0.15) is 0 Å². The third-order valence-corrected chi connectivity index (χ3v) is 3.64. The zero-order chi connectivity index (χ0) is 12.9. The highest BCUT2D eigenvalue weighted by Gasteiger charge is 2.32. The predicted molar refractivity (Wildman–Crippen MR) is 66.9 cm³/mol. The molecule has 3 unspecified atom stereocenters. The van der Waals surface area contributed by atoms with Crippen LogP contribution >= 0.6 is 0 Å². The zero-order valence-corrected chi connectivity index (χ0v) is 10.9. The Morgan fingerprint density at radius 3 is 2.88 bits per heavy atom. The molecule has 17 heavy (non-hydrogen) atoms. The quantitative estimate of drug-likeness (QED) is 0.665. The maximum Gasteiger partial charge on any atom is 0.303 e. The van der Waals surface area contributed by atoms with Crippen LogP contribution in [-0.4, -0.2) is 34.4 Å². The second-order valence-corrected chi connectivity index (χ2v) is 5.64. The smallest absolute Gasteiger partial charge is 0.303 e. The first-order valence-corrected chi connectivity index (χ1v) is 6.59. The van der Waals surface area contributed by atoms with Gasteiger partial charge in [0.2, 0.25) is 0 Å². The highest BCUT2D eigenvalue weighted by molar-refractivity contribution is 5.66. The molecule has 0 aliphatic heterocycles. The molecule has 0 heterocycles. The number of nitrogens with one attached hydrogen (secondary N) is 1. The van der Waals surface area contributed by atoms with E-state index in [-0.39, 0.29) is 12.5 Å². The molecule has 0 bridgehead atoms. The number of carbonyl (C=O) groups is 1. The molecule has 0 saturated heterocycles. The fraction of sp³-hybridized carbons (Fsp3) is 0.923. The van der Waals surface area contributed by atoms with Crippen molar-refractivity contribution >= 4 is 5.97 Å². The Kier molecular flexibility index (Phi) is 5.40. The Labute approximate surface area is 103 Å². The lowest BCUT2D eigenvalue weighted by atomic mass is 9.79. The van der Waals surface area contributed by atoms with Gasteiger partial charge in [0.15, 0.2) is 0 Å². The van der Waals surface area contributed by atoms with E-state index in [1.165, 1.54) is 6.42 Å². The van der Waals surface area contributed by atoms with Gasteiger partial charge in [0.25, 0.3) is 0 Å². The molecule has 0 aromatic rings. The maximum atomic E-state index is 10.4. The molecule has 0 radical (unpaired) electrons. The minimum absolute atomic E-state index is 0.146. The van der Waals surface area contributed by atoms with Crippen molar-refractivity contribution in [3.63, 3.8) is 0 Å². The Morgan fingerprint density at radius 1 is 1.59 bits per heavy atom. The molecule has 100 valence electrons. The van der Waals surface area contributed by atoms with Gasteiger partial charge in [-0.1, -0.05) is 19.8 Å². The Balaban J connectivity index is 2.26. The standard InChI is InChI=1S/C13H25NO3/c1-10-4-3-7-13(17,8-10)9-14-11(2)5-6-12(15)16/h10-11,14,17H,3-9H2,1-2H3,(H,15,16). The predicted octanol–water partition coefficient (Wildman–Crippen LogP) is 1.77. The molecule has 3 N–H and O–H groups in total. The van der Waals surface area contributed by atoms with E-state index in [4.69, 9.17) is 5.11 Å². The lowest BCUT2D eigenvalue weighted by Crippen LogP contribution is -2.46. The molecule has 3 atom stereocenters. The third kappa shape index (κ3) is 5.50. The van der Waals surface area contributed by atoms with E-state index in [0.717, 1.165) is 19.3 Å². The maximum absolute atomic E-state index is 10.4. The van der Waals surface area contributed by atoms with Crippen LogP contribution in [-0.2, 0) is 4.79 Å². The third-order valence-electron chi connectivity index (χ3n) is 3.64. The number of carboxylic acids is 1. The van der Waals surface area contributed by atoms with Crippen LogP contribution in [0.3, 0.4) is 0 Å². The second kappa shape index (κ2) is 6.36. The van der Waals surface area contributed by atoms with Crippen molar-refractivity contribution in [3.8, 4) is 0 Å². The number of carboxylic acid groups (broad SMARTS) is 1. The van der Waals surface area contributed by atoms with Crippen LogP contribution in [0.2, 0.25) is 0 Å². The fourth-order valence-corrected chi connectivity index (χ4v) is 2.60. The highest BCUT2D eigenvalue weighted by atomic mass is 16.4. The van der Waals surface area contributed by atoms with Gasteiger partial charge < -0.3 is 15.5 Å². The molecule has 1 fully saturated rings. The molecular weight excluding hydrogens is 218 g/mol. The van der Waals surface area contributed by atoms with Crippen molar-refractivity contribution in [2.75, 3.05) is 6.54 Å². The van der Waals surface area contributed by atoms with E-state index in [2.05, 4.69) is 12.2 Å². The highest BCUT2D eigenvalue weighted by Crippen LogP contribution is 2.31. The summed E-state index contributed by atoms with van der Waals surface area (Å²) in [5.41, 5.74) is -0.588. The first-order chi connectivity index (χ1) is 7.91. The van der Waals surface area contributed by atoms with Gasteiger partial charge in [-0.15, -0.1) is 0 Å². The van der Waals surface area contributed by atoms with Crippen molar-refractivity contribution < 1.29 is 15.0 Å². The van der Waals surface area contributed by atoms with E-state index < -0.39 is 11.6 Å². The summed E-state index contributed by atoms with van der Waals surface area (Å²) < 4.78 is 0. The van der Waals surface area contributed by atoms with Crippen LogP contribution in [0.15, 0.2) is 0 Å². The van der Waals surface area contributed by atoms with E-state index in [1.807, 2.05) is 6.92 Å². The van der Waals surface area contributed by atoms with Gasteiger partial charge in [0, 0.05) is 19.0 Å². The SMILES string of the molecule is CC1CCCC(O)(CNC(C)CCC(=O)O)C1. The van der Waals surface area contributed by atoms with E-state index in [1.54, 1.807) is 0 Å². The van der Waals surface area contributed by atoms with Crippen LogP contribution in [0, 0.1) is 5.92 Å². The summed E-state index contributed by atoms with van der Waals surface area (Å²) in [5, 5.41) is 22.2. The molecule has 4 nitrogen and oxygen atoms in total. The largest absolute Gasteiger partial charge is 0.481 e. The molecule has 1 aliphatic carbocycles. The summed E-state index contributed by atoms with van der Waals surface area (Å²) in [4.78, 5) is 10.4. The minimum atomic E-state index is -0.761. The van der Waals surface area contributed by atoms with Crippen LogP contribution in [0.5, 0.6) is 0 Å². The van der Waals surface area contributed by atoms with Crippen molar-refractivity contribution in [1.82, 2.24) is 5.32 Å². The summed E-state index contributed by atoms with van der Waals surface area (Å²) in [6.07, 6.45) is 4.80. The summed E-state index contributed by atoms with van der Waals surface area (Å²) in [6.45, 7) is 4.73. The van der Waals surface area contributed by atoms with Crippen molar-refractivity contribution in [2.45, 2.75) is 64.0 Å². The second-order valence-electron chi connectivity index (χ2n) is 5.64. The monoisotopic (exact) mass is 243 g/mol. The molecule has 0 aromatic carbocycles. The molecule has 0 spiro atoms. The number of aliphatic hydroxyl groups is 1. The van der Waals surface area contributed by atoms with Gasteiger partial charge in [0.1, 0.15) is 0 Å². The normalized spacial score (nSPS) is 31.1. The number of hydrogen-bond donors (Lipinski definition) is 3. The van der Waals surface area contributed by atoms with Gasteiger partial charge in [0.05, 0.1) is 5.60 Å². The van der Waals surface area contributed by atoms with Crippen LogP contribution < -0.4 is 5.32 Å². The van der Waals surface area contributed by atoms with E-state index in [9.17, 15) is 9.90 Å². The Morgan fingerprint density at radius 2 is 2.29 bits per heavy atom. The molecule has 4 heteroatoms. The Bertz CT molecular complexity index is 257. The summed E-state index contributed by atoms with van der Waals surface area (Å²) in [7, 11) is 0. The van der Waals surface area contributed by atoms with E-state index >= 15 is 0 Å². The van der Waals surface area contributed by atoms with Crippen LogP contribution in [0.1, 0.15) is 52.4 Å². The van der Waals surface area contributed by atoms with Crippen molar-refractivity contribution in [1.29, 1.82) is 0 Å². The lowest BCUT2D eigenvalue weighted by molar-refractivity contribution is -0.137. The van der Waals surface area contributed by atoms with Crippen molar-refractivity contribution in [2.24, 2.45) is 5.92 Å². The summed E-state index contributed by atoms with van der Waals surface area (Å²) in [6, 6.07) is 0.146. The van der Waals surface area contributed by atoms with Gasteiger partial charge in [-0.05, 0) is 32.1 Å². The first kappa shape index (κ1) is 14.5. The molecule has 1 rings (SSSR count). The number of hydrogen-bond acceptors (Lipinski definition) is 3. The van der Waals surface area contributed by atoms with Crippen LogP contribution in [0.25, 0.3) is 0 Å². The molecular formula is C13H25NO3. The molecule has 1 saturated carbocycles. The first-order valence-electron chi connectivity index (χ1n) is 6.59. The van der Waals surface area contributed by atoms with Crippen LogP contribution in [0.4, 0.5) is 0 Å². The van der Waals surface area contributed by atoms with E-state index in [0.29, 0.717) is 18.9 Å². The number of aliphatic carboxylic acids is 1. The molecule has 0 amide bonds. The van der Waals surface area contributed by atoms with Gasteiger partial charge in [-0.3, -0.25) is 4.79 Å². The zero-order valence-electron chi connectivity index (χ0n) is 10.9. The topological polar surface area (TPSA) is 69.6 Å². The summed E-state index contributed by atoms with van der Waals surface area (Å²) in [5.74, 6) is -0.173. The molecule has 0 aromatic heterocycles. The average Bonchev–Trinajstić information content (AvgIpc) is 2.23. The van der Waals surface area contributed by atoms with Crippen molar-refractivity contribution in [3.05, 3.63) is 0 Å². The average molecular weight is 243 g/mol. The number of rotatable bonds is 6. The minimum Gasteiger partial charge on any atom is -0.481 e. The lowest BCUT2D eigenvalue weighted by Gasteiger charge is -2.36. The fourth-order valence-electron chi connectivity index (χ4n) is 2.60. The summed E-state index contributed by atoms with van der Waals surface area (Å²) >= 11 is 0. The molecule has 1 aliphatic rings. The Hall–Kier alpha value is -0.610. The van der Waals surface area contributed by atoms with Gasteiger partial charge in [-0.25, -0.2) is 0 Å².